The van der Waals surface area contributed by atoms with Gasteiger partial charge in [-0.1, -0.05) is 45.7 Å². The van der Waals surface area contributed by atoms with Gasteiger partial charge in [-0.05, 0) is 36.4 Å². The molecule has 0 radical (unpaired) electrons. The van der Waals surface area contributed by atoms with Crippen molar-refractivity contribution in [2.24, 2.45) is 0 Å². The monoisotopic (exact) mass is 517 g/mol. The molecule has 1 aliphatic heterocycles. The first-order valence-corrected chi connectivity index (χ1v) is 10.7. The van der Waals surface area contributed by atoms with Crippen LogP contribution in [-0.4, -0.2) is 34.1 Å². The number of benzene rings is 2. The predicted molar refractivity (Wildman–Crippen MR) is 120 cm³/mol. The number of carbonyl (C=O) groups is 1. The minimum Gasteiger partial charge on any atom is -0.394 e. The molecular weight excluding hydrogens is 501 g/mol. The summed E-state index contributed by atoms with van der Waals surface area (Å²) in [5.74, 6) is -0.944. The van der Waals surface area contributed by atoms with Gasteiger partial charge in [0, 0.05) is 21.3 Å². The zero-order chi connectivity index (χ0) is 23.1. The predicted octanol–water partition coefficient (Wildman–Crippen LogP) is 4.86. The number of nitriles is 1. The second-order valence-corrected chi connectivity index (χ2v) is 8.03. The van der Waals surface area contributed by atoms with Gasteiger partial charge < -0.3 is 14.7 Å². The van der Waals surface area contributed by atoms with Crippen molar-refractivity contribution < 1.29 is 19.0 Å². The van der Waals surface area contributed by atoms with Crippen LogP contribution in [0.5, 0.6) is 0 Å². The molecule has 1 aliphatic rings. The molecule has 0 saturated carbocycles. The number of carbonyl (C=O) groups excluding carboxylic acids is 1. The molecule has 164 valence electrons. The molecule has 4 rings (SSSR count). The Balaban J connectivity index is 0.000000352. The van der Waals surface area contributed by atoms with Crippen LogP contribution in [0.25, 0.3) is 0 Å². The lowest BCUT2D eigenvalue weighted by Crippen LogP contribution is -2.30. The second-order valence-electron chi connectivity index (χ2n) is 6.67. The van der Waals surface area contributed by atoms with E-state index in [1.54, 1.807) is 18.2 Å². The Morgan fingerprint density at radius 2 is 2.00 bits per heavy atom. The number of fused-ring (bicyclic) bond motifs is 1. The van der Waals surface area contributed by atoms with Gasteiger partial charge >= 0.3 is 0 Å². The van der Waals surface area contributed by atoms with Crippen LogP contribution in [-0.2, 0) is 11.3 Å². The van der Waals surface area contributed by atoms with Gasteiger partial charge in [-0.3, -0.25) is 9.78 Å². The van der Waals surface area contributed by atoms with E-state index in [9.17, 15) is 9.18 Å². The van der Waals surface area contributed by atoms with Crippen molar-refractivity contribution in [3.63, 3.8) is 0 Å². The third-order valence-electron chi connectivity index (χ3n) is 4.50. The number of halogens is 3. The van der Waals surface area contributed by atoms with E-state index >= 15 is 0 Å². The Hall–Kier alpha value is -2.83. The summed E-state index contributed by atoms with van der Waals surface area (Å²) in [7, 11) is 0. The van der Waals surface area contributed by atoms with Crippen molar-refractivity contribution in [1.29, 1.82) is 5.26 Å². The highest BCUT2D eigenvalue weighted by Gasteiger charge is 2.40. The van der Waals surface area contributed by atoms with Crippen LogP contribution >= 0.6 is 27.5 Å². The Morgan fingerprint density at radius 3 is 2.56 bits per heavy atom. The van der Waals surface area contributed by atoms with Crippen LogP contribution in [0.2, 0.25) is 5.02 Å². The fourth-order valence-corrected chi connectivity index (χ4v) is 3.67. The maximum atomic E-state index is 14.4. The Labute approximate surface area is 198 Å². The number of amides is 1. The molecule has 1 unspecified atom stereocenters. The SMILES string of the molecule is Clc1ccccc1.N#Cc1ccc(CN2C(=O)c3cc(Br)cc(F)c3C2OCCO)nc1. The van der Waals surface area contributed by atoms with Crippen molar-refractivity contribution in [2.45, 2.75) is 12.8 Å². The molecule has 1 N–H and O–H groups in total. The van der Waals surface area contributed by atoms with Crippen molar-refractivity contribution in [2.75, 3.05) is 13.2 Å². The van der Waals surface area contributed by atoms with Crippen molar-refractivity contribution in [3.05, 3.63) is 98.5 Å². The third-order valence-corrected chi connectivity index (χ3v) is 5.21. The topological polar surface area (TPSA) is 86.5 Å². The lowest BCUT2D eigenvalue weighted by atomic mass is 10.1. The van der Waals surface area contributed by atoms with Crippen molar-refractivity contribution in [1.82, 2.24) is 9.88 Å². The van der Waals surface area contributed by atoms with E-state index in [1.165, 1.54) is 17.2 Å². The van der Waals surface area contributed by atoms with E-state index < -0.39 is 12.0 Å². The van der Waals surface area contributed by atoms with Gasteiger partial charge in [0.1, 0.15) is 11.9 Å². The minimum absolute atomic E-state index is 0.0375. The van der Waals surface area contributed by atoms with E-state index in [0.29, 0.717) is 15.7 Å². The largest absolute Gasteiger partial charge is 0.394 e. The highest BCUT2D eigenvalue weighted by atomic mass is 79.9. The Kier molecular flexibility index (Phi) is 8.31. The molecule has 3 aromatic rings. The molecule has 0 bridgehead atoms. The number of nitrogens with zero attached hydrogens (tertiary/aromatic N) is 3. The van der Waals surface area contributed by atoms with Gasteiger partial charge in [-0.25, -0.2) is 4.39 Å². The molecule has 6 nitrogen and oxygen atoms in total. The van der Waals surface area contributed by atoms with Gasteiger partial charge in [0.25, 0.3) is 5.91 Å². The smallest absolute Gasteiger partial charge is 0.257 e. The summed E-state index contributed by atoms with van der Waals surface area (Å²) in [6.07, 6.45) is 0.462. The van der Waals surface area contributed by atoms with Gasteiger partial charge in [0.2, 0.25) is 0 Å². The van der Waals surface area contributed by atoms with Gasteiger partial charge in [-0.15, -0.1) is 0 Å². The fraction of sp³-hybridized carbons (Fsp3) is 0.174. The second kappa shape index (κ2) is 11.2. The summed E-state index contributed by atoms with van der Waals surface area (Å²) in [5, 5.41) is 18.6. The Morgan fingerprint density at radius 1 is 1.25 bits per heavy atom. The quantitative estimate of drug-likeness (QED) is 0.521. The summed E-state index contributed by atoms with van der Waals surface area (Å²) < 4.78 is 20.4. The number of hydrogen-bond donors (Lipinski definition) is 1. The van der Waals surface area contributed by atoms with Crippen LogP contribution in [0.4, 0.5) is 4.39 Å². The molecule has 32 heavy (non-hydrogen) atoms. The molecule has 0 fully saturated rings. The molecule has 1 aromatic heterocycles. The van der Waals surface area contributed by atoms with Crippen LogP contribution in [0, 0.1) is 17.1 Å². The van der Waals surface area contributed by atoms with Crippen LogP contribution in [0.15, 0.2) is 65.3 Å². The highest BCUT2D eigenvalue weighted by molar-refractivity contribution is 9.10. The van der Waals surface area contributed by atoms with Gasteiger partial charge in [-0.2, -0.15) is 5.26 Å². The minimum atomic E-state index is -0.944. The molecule has 0 aliphatic carbocycles. The summed E-state index contributed by atoms with van der Waals surface area (Å²) in [6, 6.07) is 17.5. The number of ether oxygens (including phenoxy) is 1. The maximum absolute atomic E-state index is 14.4. The van der Waals surface area contributed by atoms with Crippen LogP contribution in [0.3, 0.4) is 0 Å². The summed E-state index contributed by atoms with van der Waals surface area (Å²) in [5.41, 5.74) is 1.30. The molecule has 9 heteroatoms. The standard InChI is InChI=1S/C17H13BrFN3O3.C6H5Cl/c18-11-5-13-15(14(19)6-11)17(25-4-3-23)22(16(13)24)9-12-2-1-10(7-20)8-21-12;7-6-4-2-1-3-5-6/h1-2,5-6,8,17,23H,3-4,9H2;1-5H. The van der Waals surface area contributed by atoms with Crippen LogP contribution < -0.4 is 0 Å². The van der Waals surface area contributed by atoms with E-state index in [-0.39, 0.29) is 36.8 Å². The zero-order valence-electron chi connectivity index (χ0n) is 16.7. The van der Waals surface area contributed by atoms with E-state index in [1.807, 2.05) is 36.4 Å². The third kappa shape index (κ3) is 5.69. The first-order chi connectivity index (χ1) is 15.4. The number of pyridine rings is 1. The van der Waals surface area contributed by atoms with Gasteiger partial charge in [0.05, 0.1) is 36.6 Å². The van der Waals surface area contributed by atoms with Crippen molar-refractivity contribution >= 4 is 33.4 Å². The zero-order valence-corrected chi connectivity index (χ0v) is 19.1. The number of aromatic nitrogens is 1. The molecule has 0 saturated heterocycles. The molecule has 0 spiro atoms. The molecule has 2 heterocycles. The van der Waals surface area contributed by atoms with Crippen LogP contribution in [0.1, 0.15) is 33.4 Å². The van der Waals surface area contributed by atoms with Crippen molar-refractivity contribution in [3.8, 4) is 6.07 Å². The fourth-order valence-electron chi connectivity index (χ4n) is 3.10. The summed E-state index contributed by atoms with van der Waals surface area (Å²) >= 11 is 8.72. The number of aliphatic hydroxyl groups excluding tert-OH is 1. The molecule has 2 aromatic carbocycles. The molecular formula is C23H18BrClFN3O3. The highest BCUT2D eigenvalue weighted by Crippen LogP contribution is 2.38. The number of aliphatic hydroxyl groups is 1. The molecule has 1 amide bonds. The van der Waals surface area contributed by atoms with E-state index in [0.717, 1.165) is 5.02 Å². The Bertz CT molecular complexity index is 1120. The molecule has 1 atom stereocenters. The van der Waals surface area contributed by atoms with Gasteiger partial charge in [0.15, 0.2) is 6.23 Å². The maximum Gasteiger partial charge on any atom is 0.257 e. The summed E-state index contributed by atoms with van der Waals surface area (Å²) in [6.45, 7) is -0.197. The lowest BCUT2D eigenvalue weighted by molar-refractivity contribution is -0.0550. The lowest BCUT2D eigenvalue weighted by Gasteiger charge is -2.25. The normalized spacial score (nSPS) is 14.4. The average molecular weight is 519 g/mol. The first kappa shape index (κ1) is 23.8. The number of hydrogen-bond acceptors (Lipinski definition) is 5. The number of rotatable bonds is 5. The van der Waals surface area contributed by atoms with E-state index in [2.05, 4.69) is 20.9 Å². The average Bonchev–Trinajstić information content (AvgIpc) is 3.05. The van der Waals surface area contributed by atoms with E-state index in [4.69, 9.17) is 26.7 Å². The summed E-state index contributed by atoms with van der Waals surface area (Å²) in [4.78, 5) is 18.2. The first-order valence-electron chi connectivity index (χ1n) is 9.52.